The highest BCUT2D eigenvalue weighted by atomic mass is 16.5. The van der Waals surface area contributed by atoms with Crippen molar-refractivity contribution in [1.29, 1.82) is 0 Å². The Morgan fingerprint density at radius 3 is 2.43 bits per heavy atom. The van der Waals surface area contributed by atoms with Gasteiger partial charge < -0.3 is 4.74 Å². The van der Waals surface area contributed by atoms with Crippen molar-refractivity contribution in [2.24, 2.45) is 11.8 Å². The second-order valence-corrected chi connectivity index (χ2v) is 6.61. The third-order valence-electron chi connectivity index (χ3n) is 4.72. The average molecular weight is 294 g/mol. The van der Waals surface area contributed by atoms with Gasteiger partial charge in [0.25, 0.3) is 0 Å². The summed E-state index contributed by atoms with van der Waals surface area (Å²) in [5, 5.41) is 0. The number of carbonyl (C=O) groups excluding carboxylic acids is 1. The molecule has 1 aliphatic carbocycles. The summed E-state index contributed by atoms with van der Waals surface area (Å²) in [6.45, 7) is 9.02. The highest BCUT2D eigenvalue weighted by molar-refractivity contribution is 5.88. The number of hydrogen-bond acceptors (Lipinski definition) is 2. The molecule has 2 nitrogen and oxygen atoms in total. The highest BCUT2D eigenvalue weighted by Gasteiger charge is 2.23. The van der Waals surface area contributed by atoms with Gasteiger partial charge in [-0.25, -0.2) is 4.79 Å². The maximum Gasteiger partial charge on any atom is 0.333 e. The summed E-state index contributed by atoms with van der Waals surface area (Å²) in [5.41, 5.74) is 0.721. The molecule has 0 bridgehead atoms. The minimum absolute atomic E-state index is 0.140. The molecule has 0 spiro atoms. The van der Waals surface area contributed by atoms with Crippen molar-refractivity contribution in [3.63, 3.8) is 0 Å². The van der Waals surface area contributed by atoms with Crippen LogP contribution in [0, 0.1) is 11.8 Å². The molecule has 0 radical (unpaired) electrons. The molecule has 0 aliphatic heterocycles. The normalized spacial score (nSPS) is 17.4. The molecule has 1 atom stereocenters. The van der Waals surface area contributed by atoms with Crippen LogP contribution in [-0.2, 0) is 9.53 Å². The van der Waals surface area contributed by atoms with E-state index >= 15 is 0 Å². The smallest absolute Gasteiger partial charge is 0.333 e. The van der Waals surface area contributed by atoms with Crippen LogP contribution < -0.4 is 0 Å². The summed E-state index contributed by atoms with van der Waals surface area (Å²) in [6, 6.07) is 0. The van der Waals surface area contributed by atoms with Gasteiger partial charge in [0.05, 0.1) is 6.61 Å². The molecule has 1 unspecified atom stereocenters. The fourth-order valence-electron chi connectivity index (χ4n) is 3.31. The molecule has 1 saturated carbocycles. The highest BCUT2D eigenvalue weighted by Crippen LogP contribution is 2.29. The van der Waals surface area contributed by atoms with E-state index in [-0.39, 0.29) is 5.97 Å². The van der Waals surface area contributed by atoms with E-state index in [4.69, 9.17) is 4.74 Å². The quantitative estimate of drug-likeness (QED) is 0.295. The Balaban J connectivity index is 2.31. The van der Waals surface area contributed by atoms with E-state index in [1.165, 1.54) is 44.9 Å². The Hall–Kier alpha value is -0.790. The number of carbonyl (C=O) groups is 1. The summed E-state index contributed by atoms with van der Waals surface area (Å²) in [4.78, 5) is 12.2. The van der Waals surface area contributed by atoms with Gasteiger partial charge in [0.15, 0.2) is 0 Å². The zero-order chi connectivity index (χ0) is 15.5. The summed E-state index contributed by atoms with van der Waals surface area (Å²) in [5.74, 6) is 0.763. The van der Waals surface area contributed by atoms with Gasteiger partial charge in [-0.3, -0.25) is 0 Å². The van der Waals surface area contributed by atoms with E-state index < -0.39 is 0 Å². The summed E-state index contributed by atoms with van der Waals surface area (Å²) in [7, 11) is 0. The van der Waals surface area contributed by atoms with Crippen LogP contribution in [-0.4, -0.2) is 12.6 Å². The number of hydrogen-bond donors (Lipinski definition) is 0. The molecule has 0 aromatic rings. The maximum absolute atomic E-state index is 12.2. The summed E-state index contributed by atoms with van der Waals surface area (Å²) >= 11 is 0. The Morgan fingerprint density at radius 2 is 1.81 bits per heavy atom. The van der Waals surface area contributed by atoms with E-state index in [9.17, 15) is 4.79 Å². The third-order valence-corrected chi connectivity index (χ3v) is 4.72. The van der Waals surface area contributed by atoms with Crippen molar-refractivity contribution < 1.29 is 9.53 Å². The Morgan fingerprint density at radius 1 is 1.10 bits per heavy atom. The molecule has 21 heavy (non-hydrogen) atoms. The van der Waals surface area contributed by atoms with Gasteiger partial charge in [0.1, 0.15) is 0 Å². The molecule has 1 aliphatic rings. The minimum atomic E-state index is -0.140. The van der Waals surface area contributed by atoms with Gasteiger partial charge in [-0.05, 0) is 37.5 Å². The molecule has 0 amide bonds. The van der Waals surface area contributed by atoms with E-state index in [1.807, 2.05) is 0 Å². The SMILES string of the molecule is C=C(C(=O)OCC(CCC)CCCCC)C1CCCCC1. The number of esters is 1. The summed E-state index contributed by atoms with van der Waals surface area (Å²) < 4.78 is 5.56. The van der Waals surface area contributed by atoms with Crippen LogP contribution in [0.5, 0.6) is 0 Å². The lowest BCUT2D eigenvalue weighted by atomic mass is 9.84. The van der Waals surface area contributed by atoms with Gasteiger partial charge in [0.2, 0.25) is 0 Å². The van der Waals surface area contributed by atoms with Crippen molar-refractivity contribution in [3.8, 4) is 0 Å². The molecule has 1 rings (SSSR count). The van der Waals surface area contributed by atoms with Crippen LogP contribution in [0.2, 0.25) is 0 Å². The molecule has 0 saturated heterocycles. The number of rotatable bonds is 10. The van der Waals surface area contributed by atoms with Gasteiger partial charge in [0, 0.05) is 5.57 Å². The van der Waals surface area contributed by atoms with Gasteiger partial charge in [-0.2, -0.15) is 0 Å². The maximum atomic E-state index is 12.2. The zero-order valence-corrected chi connectivity index (χ0v) is 14.2. The van der Waals surface area contributed by atoms with Crippen LogP contribution in [0.3, 0.4) is 0 Å². The molecule has 122 valence electrons. The monoisotopic (exact) mass is 294 g/mol. The predicted molar refractivity (Wildman–Crippen MR) is 89.2 cm³/mol. The van der Waals surface area contributed by atoms with Gasteiger partial charge >= 0.3 is 5.97 Å². The lowest BCUT2D eigenvalue weighted by molar-refractivity contribution is -0.141. The van der Waals surface area contributed by atoms with E-state index in [0.29, 0.717) is 18.4 Å². The average Bonchev–Trinajstić information content (AvgIpc) is 2.52. The molecule has 1 fully saturated rings. The molecule has 0 N–H and O–H groups in total. The first-order valence-corrected chi connectivity index (χ1v) is 9.04. The third kappa shape index (κ3) is 7.15. The minimum Gasteiger partial charge on any atom is -0.462 e. The van der Waals surface area contributed by atoms with Gasteiger partial charge in [-0.1, -0.05) is 65.4 Å². The molecule has 2 heteroatoms. The van der Waals surface area contributed by atoms with Crippen molar-refractivity contribution >= 4 is 5.97 Å². The van der Waals surface area contributed by atoms with Crippen molar-refractivity contribution in [2.45, 2.75) is 84.5 Å². The molecular formula is C19H34O2. The van der Waals surface area contributed by atoms with Gasteiger partial charge in [-0.15, -0.1) is 0 Å². The van der Waals surface area contributed by atoms with Crippen molar-refractivity contribution in [3.05, 3.63) is 12.2 Å². The first-order valence-electron chi connectivity index (χ1n) is 9.04. The van der Waals surface area contributed by atoms with Crippen LogP contribution in [0.1, 0.15) is 84.5 Å². The van der Waals surface area contributed by atoms with E-state index in [1.54, 1.807) is 0 Å². The standard InChI is InChI=1S/C19H34O2/c1-4-6-8-12-17(11-5-2)15-21-19(20)16(3)18-13-9-7-10-14-18/h17-18H,3-15H2,1-2H3. The Kier molecular flexibility index (Phi) is 9.45. The van der Waals surface area contributed by atoms with E-state index in [2.05, 4.69) is 20.4 Å². The second kappa shape index (κ2) is 10.9. The van der Waals surface area contributed by atoms with E-state index in [0.717, 1.165) is 31.3 Å². The molecule has 0 aromatic heterocycles. The number of ether oxygens (including phenoxy) is 1. The fraction of sp³-hybridized carbons (Fsp3) is 0.842. The lowest BCUT2D eigenvalue weighted by Crippen LogP contribution is -2.20. The van der Waals surface area contributed by atoms with Crippen LogP contribution >= 0.6 is 0 Å². The Bertz CT molecular complexity index is 303. The largest absolute Gasteiger partial charge is 0.462 e. The van der Waals surface area contributed by atoms with Crippen LogP contribution in [0.15, 0.2) is 12.2 Å². The van der Waals surface area contributed by atoms with Crippen LogP contribution in [0.25, 0.3) is 0 Å². The van der Waals surface area contributed by atoms with Crippen molar-refractivity contribution in [1.82, 2.24) is 0 Å². The zero-order valence-electron chi connectivity index (χ0n) is 14.2. The topological polar surface area (TPSA) is 26.3 Å². The Labute approximate surface area is 131 Å². The van der Waals surface area contributed by atoms with Crippen LogP contribution in [0.4, 0.5) is 0 Å². The fourth-order valence-corrected chi connectivity index (χ4v) is 3.31. The van der Waals surface area contributed by atoms with Crippen molar-refractivity contribution in [2.75, 3.05) is 6.61 Å². The number of unbranched alkanes of at least 4 members (excludes halogenated alkanes) is 2. The first kappa shape index (κ1) is 18.3. The molecular weight excluding hydrogens is 260 g/mol. The molecule has 0 heterocycles. The second-order valence-electron chi connectivity index (χ2n) is 6.61. The lowest BCUT2D eigenvalue weighted by Gasteiger charge is -2.23. The predicted octanol–water partition coefficient (Wildman–Crippen LogP) is 5.66. The first-order chi connectivity index (χ1) is 10.2. The summed E-state index contributed by atoms with van der Waals surface area (Å²) in [6.07, 6.45) is 13.3. The molecule has 0 aromatic carbocycles.